The summed E-state index contributed by atoms with van der Waals surface area (Å²) in [5, 5.41) is 16.8. The standard InChI is InChI=1S/C19H25ClFN3O4S2/c20-15-2-1-12(5-16(15)21)8-24-3-4-28-14(9-24)7-22-17(25)11-30-19-23-13(10-29-19)6-18(26)27/h2,5,10,12,14,19,23H,1,3-4,6-9,11H2,(H,22,25)(H,26,27)/t12?,14-,19?/m0/s1. The van der Waals surface area contributed by atoms with Crippen LogP contribution in [-0.4, -0.2) is 71.2 Å². The number of ether oxygens (including phenoxy) is 1. The molecule has 3 N–H and O–H groups in total. The van der Waals surface area contributed by atoms with Crippen LogP contribution in [-0.2, 0) is 14.3 Å². The van der Waals surface area contributed by atoms with Crippen molar-refractivity contribution in [3.05, 3.63) is 34.1 Å². The second-order valence-corrected chi connectivity index (χ2v) is 10.0. The van der Waals surface area contributed by atoms with Gasteiger partial charge in [0.2, 0.25) is 5.91 Å². The number of amides is 1. The third-order valence-electron chi connectivity index (χ3n) is 4.80. The Kier molecular flexibility index (Phi) is 8.94. The molecule has 0 aromatic heterocycles. The lowest BCUT2D eigenvalue weighted by Crippen LogP contribution is -2.48. The summed E-state index contributed by atoms with van der Waals surface area (Å²) in [6.45, 7) is 3.18. The van der Waals surface area contributed by atoms with E-state index in [1.54, 1.807) is 17.6 Å². The fraction of sp³-hybridized carbons (Fsp3) is 0.579. The van der Waals surface area contributed by atoms with Crippen LogP contribution in [0.4, 0.5) is 4.39 Å². The van der Waals surface area contributed by atoms with Gasteiger partial charge in [-0.25, -0.2) is 4.39 Å². The van der Waals surface area contributed by atoms with Gasteiger partial charge >= 0.3 is 5.97 Å². The molecule has 0 saturated carbocycles. The number of allylic oxidation sites excluding steroid dienone is 3. The first-order valence-corrected chi connectivity index (χ1v) is 12.0. The molecule has 3 aliphatic rings. The van der Waals surface area contributed by atoms with Crippen molar-refractivity contribution in [2.24, 2.45) is 5.92 Å². The molecule has 0 bridgehead atoms. The minimum Gasteiger partial charge on any atom is -0.481 e. The quantitative estimate of drug-likeness (QED) is 0.466. The van der Waals surface area contributed by atoms with Crippen molar-refractivity contribution in [2.75, 3.05) is 38.5 Å². The fourth-order valence-corrected chi connectivity index (χ4v) is 5.50. The predicted molar refractivity (Wildman–Crippen MR) is 118 cm³/mol. The van der Waals surface area contributed by atoms with Crippen LogP contribution < -0.4 is 10.6 Å². The van der Waals surface area contributed by atoms with Gasteiger partial charge < -0.3 is 20.5 Å². The molecule has 3 atom stereocenters. The van der Waals surface area contributed by atoms with Gasteiger partial charge in [-0.3, -0.25) is 14.5 Å². The number of hydrogen-bond donors (Lipinski definition) is 3. The Morgan fingerprint density at radius 3 is 3.10 bits per heavy atom. The summed E-state index contributed by atoms with van der Waals surface area (Å²) in [6.07, 6.45) is 3.87. The van der Waals surface area contributed by atoms with Crippen molar-refractivity contribution in [3.8, 4) is 0 Å². The number of halogens is 2. The van der Waals surface area contributed by atoms with E-state index in [0.717, 1.165) is 19.5 Å². The first-order valence-electron chi connectivity index (χ1n) is 9.67. The summed E-state index contributed by atoms with van der Waals surface area (Å²) in [5.41, 5.74) is 0.659. The lowest BCUT2D eigenvalue weighted by molar-refractivity contribution is -0.136. The number of rotatable bonds is 9. The summed E-state index contributed by atoms with van der Waals surface area (Å²) in [6, 6.07) is 0. The van der Waals surface area contributed by atoms with Gasteiger partial charge in [-0.15, -0.1) is 11.8 Å². The lowest BCUT2D eigenvalue weighted by Gasteiger charge is -2.35. The van der Waals surface area contributed by atoms with E-state index in [4.69, 9.17) is 21.4 Å². The van der Waals surface area contributed by atoms with E-state index in [9.17, 15) is 14.0 Å². The molecule has 7 nitrogen and oxygen atoms in total. The van der Waals surface area contributed by atoms with Crippen LogP contribution in [0.1, 0.15) is 12.8 Å². The molecule has 0 aromatic carbocycles. The zero-order valence-corrected chi connectivity index (χ0v) is 18.7. The number of carbonyl (C=O) groups is 2. The van der Waals surface area contributed by atoms with Crippen LogP contribution in [0.15, 0.2) is 34.1 Å². The van der Waals surface area contributed by atoms with E-state index in [-0.39, 0.29) is 45.7 Å². The summed E-state index contributed by atoms with van der Waals surface area (Å²) in [5.74, 6) is -0.971. The Hall–Kier alpha value is -1.20. The number of morpholine rings is 1. The molecule has 1 aliphatic carbocycles. The molecule has 166 valence electrons. The van der Waals surface area contributed by atoms with Gasteiger partial charge in [-0.05, 0) is 23.8 Å². The monoisotopic (exact) mass is 477 g/mol. The summed E-state index contributed by atoms with van der Waals surface area (Å²) >= 11 is 8.66. The van der Waals surface area contributed by atoms with E-state index in [1.165, 1.54) is 23.5 Å². The van der Waals surface area contributed by atoms with Crippen LogP contribution in [0.2, 0.25) is 0 Å². The largest absolute Gasteiger partial charge is 0.481 e. The number of nitrogens with one attached hydrogen (secondary N) is 2. The van der Waals surface area contributed by atoms with Gasteiger partial charge in [-0.2, -0.15) is 0 Å². The van der Waals surface area contributed by atoms with Crippen molar-refractivity contribution in [1.29, 1.82) is 0 Å². The highest BCUT2D eigenvalue weighted by Gasteiger charge is 2.25. The van der Waals surface area contributed by atoms with Gasteiger partial charge in [0.05, 0.1) is 29.9 Å². The zero-order chi connectivity index (χ0) is 21.5. The molecule has 1 fully saturated rings. The third kappa shape index (κ3) is 7.49. The van der Waals surface area contributed by atoms with E-state index in [0.29, 0.717) is 25.4 Å². The average Bonchev–Trinajstić information content (AvgIpc) is 3.14. The van der Waals surface area contributed by atoms with E-state index in [2.05, 4.69) is 15.5 Å². The highest BCUT2D eigenvalue weighted by Crippen LogP contribution is 2.30. The van der Waals surface area contributed by atoms with E-state index in [1.807, 2.05) is 0 Å². The Morgan fingerprint density at radius 2 is 2.33 bits per heavy atom. The van der Waals surface area contributed by atoms with Gasteiger partial charge in [-0.1, -0.05) is 29.4 Å². The smallest absolute Gasteiger partial charge is 0.309 e. The van der Waals surface area contributed by atoms with Gasteiger partial charge in [0, 0.05) is 31.9 Å². The molecular formula is C19H25ClFN3O4S2. The maximum atomic E-state index is 13.7. The van der Waals surface area contributed by atoms with Gasteiger partial charge in [0.15, 0.2) is 0 Å². The van der Waals surface area contributed by atoms with E-state index >= 15 is 0 Å². The first-order chi connectivity index (χ1) is 14.4. The minimum absolute atomic E-state index is 0.0433. The molecule has 1 saturated heterocycles. The number of thioether (sulfide) groups is 2. The van der Waals surface area contributed by atoms with Gasteiger partial charge in [0.25, 0.3) is 0 Å². The average molecular weight is 478 g/mol. The highest BCUT2D eigenvalue weighted by molar-refractivity contribution is 8.18. The molecule has 1 amide bonds. The number of carboxylic acid groups (broad SMARTS) is 1. The molecule has 2 unspecified atom stereocenters. The summed E-state index contributed by atoms with van der Waals surface area (Å²) in [7, 11) is 0. The first kappa shape index (κ1) is 23.5. The lowest BCUT2D eigenvalue weighted by atomic mass is 9.99. The number of carboxylic acids is 1. The third-order valence-corrected chi connectivity index (χ3v) is 7.51. The molecular weight excluding hydrogens is 453 g/mol. The maximum Gasteiger partial charge on any atom is 0.309 e. The number of carbonyl (C=O) groups excluding carboxylic acids is 1. The van der Waals surface area contributed by atoms with Crippen LogP contribution in [0.25, 0.3) is 0 Å². The molecule has 2 aliphatic heterocycles. The Labute approximate surface area is 188 Å². The fourth-order valence-electron chi connectivity index (χ4n) is 3.37. The topological polar surface area (TPSA) is 90.9 Å². The van der Waals surface area contributed by atoms with Crippen molar-refractivity contribution in [3.63, 3.8) is 0 Å². The number of nitrogens with zero attached hydrogens (tertiary/aromatic N) is 1. The summed E-state index contributed by atoms with van der Waals surface area (Å²) < 4.78 is 19.4. The second kappa shape index (κ2) is 11.4. The Balaban J connectivity index is 1.32. The van der Waals surface area contributed by atoms with Crippen molar-refractivity contribution < 1.29 is 23.8 Å². The van der Waals surface area contributed by atoms with Crippen molar-refractivity contribution >= 4 is 47.0 Å². The van der Waals surface area contributed by atoms with E-state index < -0.39 is 5.97 Å². The Bertz CT molecular complexity index is 749. The number of hydrogen-bond acceptors (Lipinski definition) is 7. The Morgan fingerprint density at radius 1 is 1.50 bits per heavy atom. The molecule has 0 spiro atoms. The molecule has 30 heavy (non-hydrogen) atoms. The zero-order valence-electron chi connectivity index (χ0n) is 16.3. The van der Waals surface area contributed by atoms with Crippen LogP contribution in [0.3, 0.4) is 0 Å². The van der Waals surface area contributed by atoms with Gasteiger partial charge in [0.1, 0.15) is 10.5 Å². The molecule has 2 heterocycles. The predicted octanol–water partition coefficient (Wildman–Crippen LogP) is 2.47. The van der Waals surface area contributed by atoms with Crippen LogP contribution in [0, 0.1) is 5.92 Å². The van der Waals surface area contributed by atoms with Crippen molar-refractivity contribution in [1.82, 2.24) is 15.5 Å². The molecule has 11 heteroatoms. The van der Waals surface area contributed by atoms with Crippen LogP contribution in [0.5, 0.6) is 0 Å². The normalized spacial score (nSPS) is 27.0. The van der Waals surface area contributed by atoms with Crippen LogP contribution >= 0.6 is 35.1 Å². The second-order valence-electron chi connectivity index (χ2n) is 7.26. The molecule has 3 rings (SSSR count). The summed E-state index contributed by atoms with van der Waals surface area (Å²) in [4.78, 5) is 25.1. The molecule has 0 aromatic rings. The minimum atomic E-state index is -0.885. The highest BCUT2D eigenvalue weighted by atomic mass is 35.5. The maximum absolute atomic E-state index is 13.7. The van der Waals surface area contributed by atoms with Crippen molar-refractivity contribution in [2.45, 2.75) is 23.7 Å². The number of aliphatic carboxylic acids is 1. The molecule has 0 radical (unpaired) electrons. The SMILES string of the molecule is O=C(O)CC1=CSC(SCC(=O)NC[C@H]2CN(CC3C=C(F)C(Cl)=CC3)CCO2)N1.